The molecule has 0 saturated carbocycles. The van der Waals surface area contributed by atoms with Gasteiger partial charge >= 0.3 is 12.2 Å². The van der Waals surface area contributed by atoms with Gasteiger partial charge < -0.3 is 14.5 Å². The minimum Gasteiger partial charge on any atom is -0.495 e. The van der Waals surface area contributed by atoms with Gasteiger partial charge in [0, 0.05) is 19.6 Å². The Balaban J connectivity index is 1.50. The lowest BCUT2D eigenvalue weighted by atomic mass is 10.0. The Kier molecular flexibility index (Phi) is 6.43. The first-order valence-electron chi connectivity index (χ1n) is 11.8. The SMILES string of the molecule is COc1cccc2c1N(Cc1ccccc1C(F)(F)F)C(=O)N(C1CCN(c3c(F)cccc3F)C1)C2. The summed E-state index contributed by atoms with van der Waals surface area (Å²) in [6.07, 6.45) is -4.14. The second kappa shape index (κ2) is 9.57. The van der Waals surface area contributed by atoms with E-state index in [2.05, 4.69) is 0 Å². The van der Waals surface area contributed by atoms with Crippen LogP contribution in [0.25, 0.3) is 0 Å². The summed E-state index contributed by atoms with van der Waals surface area (Å²) in [5, 5.41) is 0. The van der Waals surface area contributed by atoms with E-state index < -0.39 is 35.4 Å². The summed E-state index contributed by atoms with van der Waals surface area (Å²) in [5.41, 5.74) is 0.103. The van der Waals surface area contributed by atoms with Crippen LogP contribution in [0.1, 0.15) is 23.1 Å². The molecule has 10 heteroatoms. The molecule has 3 aromatic rings. The molecule has 1 unspecified atom stereocenters. The molecule has 0 N–H and O–H groups in total. The Bertz CT molecular complexity index is 1310. The van der Waals surface area contributed by atoms with Crippen molar-refractivity contribution in [3.8, 4) is 5.75 Å². The molecule has 3 aromatic carbocycles. The first-order valence-corrected chi connectivity index (χ1v) is 11.8. The van der Waals surface area contributed by atoms with Crippen molar-refractivity contribution in [2.45, 2.75) is 31.7 Å². The number of hydrogen-bond donors (Lipinski definition) is 0. The summed E-state index contributed by atoms with van der Waals surface area (Å²) in [7, 11) is 1.44. The van der Waals surface area contributed by atoms with Gasteiger partial charge in [0.05, 0.1) is 30.9 Å². The maximum atomic E-state index is 14.4. The molecule has 1 atom stereocenters. The molecule has 5 rings (SSSR count). The maximum absolute atomic E-state index is 14.4. The summed E-state index contributed by atoms with van der Waals surface area (Å²) in [4.78, 5) is 18.3. The summed E-state index contributed by atoms with van der Waals surface area (Å²) in [5.74, 6) is -1.01. The Hall–Kier alpha value is -3.82. The predicted octanol–water partition coefficient (Wildman–Crippen LogP) is 6.21. The van der Waals surface area contributed by atoms with E-state index in [9.17, 15) is 26.7 Å². The number of anilines is 2. The Morgan fingerprint density at radius 2 is 1.65 bits per heavy atom. The summed E-state index contributed by atoms with van der Waals surface area (Å²) in [6.45, 7) is 0.391. The van der Waals surface area contributed by atoms with Gasteiger partial charge in [-0.15, -0.1) is 0 Å². The van der Waals surface area contributed by atoms with E-state index in [1.807, 2.05) is 0 Å². The number of fused-ring (bicyclic) bond motifs is 1. The fourth-order valence-corrected chi connectivity index (χ4v) is 5.20. The highest BCUT2D eigenvalue weighted by Crippen LogP contribution is 2.41. The third-order valence-corrected chi connectivity index (χ3v) is 6.90. The highest BCUT2D eigenvalue weighted by molar-refractivity contribution is 5.97. The van der Waals surface area contributed by atoms with Crippen molar-refractivity contribution in [3.63, 3.8) is 0 Å². The number of benzene rings is 3. The van der Waals surface area contributed by atoms with Gasteiger partial charge in [0.2, 0.25) is 0 Å². The molecular formula is C27H24F5N3O2. The number of carbonyl (C=O) groups is 1. The van der Waals surface area contributed by atoms with Gasteiger partial charge in [-0.3, -0.25) is 4.90 Å². The lowest BCUT2D eigenvalue weighted by Crippen LogP contribution is -2.52. The number of carbonyl (C=O) groups excluding carboxylic acids is 1. The zero-order chi connectivity index (χ0) is 26.3. The molecule has 1 saturated heterocycles. The van der Waals surface area contributed by atoms with Crippen LogP contribution in [0.15, 0.2) is 60.7 Å². The lowest BCUT2D eigenvalue weighted by molar-refractivity contribution is -0.138. The lowest BCUT2D eigenvalue weighted by Gasteiger charge is -2.41. The number of rotatable bonds is 5. The number of methoxy groups -OCH3 is 1. The number of urea groups is 1. The Morgan fingerprint density at radius 1 is 0.946 bits per heavy atom. The molecule has 2 aliphatic heterocycles. The van der Waals surface area contributed by atoms with Crippen LogP contribution in [0.5, 0.6) is 5.75 Å². The number of hydrogen-bond acceptors (Lipinski definition) is 3. The maximum Gasteiger partial charge on any atom is 0.416 e. The number of ether oxygens (including phenoxy) is 1. The molecule has 0 radical (unpaired) electrons. The molecule has 2 aliphatic rings. The number of amides is 2. The quantitative estimate of drug-likeness (QED) is 0.378. The van der Waals surface area contributed by atoms with Crippen molar-refractivity contribution in [1.29, 1.82) is 0 Å². The van der Waals surface area contributed by atoms with Gasteiger partial charge in [-0.25, -0.2) is 13.6 Å². The third-order valence-electron chi connectivity index (χ3n) is 6.90. The van der Waals surface area contributed by atoms with Crippen LogP contribution in [-0.4, -0.2) is 37.2 Å². The number of para-hydroxylation sites is 2. The normalized spacial score (nSPS) is 17.8. The van der Waals surface area contributed by atoms with Gasteiger partial charge in [-0.1, -0.05) is 36.4 Å². The largest absolute Gasteiger partial charge is 0.495 e. The van der Waals surface area contributed by atoms with Crippen molar-refractivity contribution in [1.82, 2.24) is 4.90 Å². The van der Waals surface area contributed by atoms with E-state index in [0.717, 1.165) is 6.07 Å². The van der Waals surface area contributed by atoms with Crippen LogP contribution in [0.2, 0.25) is 0 Å². The van der Waals surface area contributed by atoms with Gasteiger partial charge in [0.1, 0.15) is 23.1 Å². The van der Waals surface area contributed by atoms with Gasteiger partial charge in [-0.2, -0.15) is 13.2 Å². The fourth-order valence-electron chi connectivity index (χ4n) is 5.20. The number of alkyl halides is 3. The number of nitrogens with zero attached hydrogens (tertiary/aromatic N) is 3. The van der Waals surface area contributed by atoms with E-state index in [1.54, 1.807) is 28.0 Å². The molecule has 0 aliphatic carbocycles. The highest BCUT2D eigenvalue weighted by Gasteiger charge is 2.41. The van der Waals surface area contributed by atoms with Crippen LogP contribution >= 0.6 is 0 Å². The molecule has 0 aromatic heterocycles. The zero-order valence-corrected chi connectivity index (χ0v) is 19.9. The van der Waals surface area contributed by atoms with E-state index in [1.165, 1.54) is 48.4 Å². The van der Waals surface area contributed by atoms with Crippen LogP contribution in [-0.2, 0) is 19.3 Å². The van der Waals surface area contributed by atoms with Crippen molar-refractivity contribution < 1.29 is 31.5 Å². The number of halogens is 5. The molecule has 37 heavy (non-hydrogen) atoms. The predicted molar refractivity (Wildman–Crippen MR) is 129 cm³/mol. The first-order chi connectivity index (χ1) is 17.7. The summed E-state index contributed by atoms with van der Waals surface area (Å²) < 4.78 is 75.4. The molecule has 194 valence electrons. The van der Waals surface area contributed by atoms with E-state index in [0.29, 0.717) is 30.0 Å². The molecule has 1 fully saturated rings. The zero-order valence-electron chi connectivity index (χ0n) is 19.9. The Morgan fingerprint density at radius 3 is 2.35 bits per heavy atom. The van der Waals surface area contributed by atoms with E-state index in [-0.39, 0.29) is 30.9 Å². The van der Waals surface area contributed by atoms with E-state index in [4.69, 9.17) is 4.74 Å². The molecule has 2 amide bonds. The van der Waals surface area contributed by atoms with Crippen LogP contribution in [0.3, 0.4) is 0 Å². The molecular weight excluding hydrogens is 493 g/mol. The van der Waals surface area contributed by atoms with Crippen LogP contribution in [0.4, 0.5) is 38.1 Å². The molecule has 2 heterocycles. The average Bonchev–Trinajstić information content (AvgIpc) is 3.34. The topological polar surface area (TPSA) is 36.0 Å². The summed E-state index contributed by atoms with van der Waals surface area (Å²) in [6, 6.07) is 13.1. The van der Waals surface area contributed by atoms with Gasteiger partial charge in [-0.05, 0) is 41.8 Å². The molecule has 5 nitrogen and oxygen atoms in total. The minimum atomic E-state index is -4.59. The van der Waals surface area contributed by atoms with Crippen molar-refractivity contribution in [2.75, 3.05) is 30.0 Å². The van der Waals surface area contributed by atoms with Crippen LogP contribution in [0, 0.1) is 11.6 Å². The second-order valence-corrected chi connectivity index (χ2v) is 9.08. The monoisotopic (exact) mass is 517 g/mol. The fraction of sp³-hybridized carbons (Fsp3) is 0.296. The van der Waals surface area contributed by atoms with Gasteiger partial charge in [0.15, 0.2) is 0 Å². The molecule has 0 spiro atoms. The first kappa shape index (κ1) is 24.9. The standard InChI is InChI=1S/C27H24F5N3O2/c1-37-23-11-4-7-18-15-34(19-12-13-33(16-19)25-21(28)9-5-10-22(25)29)26(36)35(24(18)23)14-17-6-2-3-8-20(17)27(30,31)32/h2-11,19H,12-16H2,1H3. The van der Waals surface area contributed by atoms with Crippen LogP contribution < -0.4 is 14.5 Å². The van der Waals surface area contributed by atoms with E-state index >= 15 is 0 Å². The average molecular weight is 517 g/mol. The highest BCUT2D eigenvalue weighted by atomic mass is 19.4. The van der Waals surface area contributed by atoms with Crippen molar-refractivity contribution in [2.24, 2.45) is 0 Å². The smallest absolute Gasteiger partial charge is 0.416 e. The third kappa shape index (κ3) is 4.56. The second-order valence-electron chi connectivity index (χ2n) is 9.08. The van der Waals surface area contributed by atoms with Crippen molar-refractivity contribution >= 4 is 17.4 Å². The molecule has 0 bridgehead atoms. The minimum absolute atomic E-state index is 0.0523. The van der Waals surface area contributed by atoms with Gasteiger partial charge in [0.25, 0.3) is 0 Å². The Labute approximate surface area is 210 Å². The summed E-state index contributed by atoms with van der Waals surface area (Å²) >= 11 is 0. The van der Waals surface area contributed by atoms with Crippen molar-refractivity contribution in [3.05, 3.63) is 89.0 Å².